The van der Waals surface area contributed by atoms with Gasteiger partial charge in [0, 0.05) is 19.6 Å². The van der Waals surface area contributed by atoms with Crippen LogP contribution in [0, 0.1) is 0 Å². The highest BCUT2D eigenvalue weighted by Crippen LogP contribution is 2.25. The first-order chi connectivity index (χ1) is 8.89. The van der Waals surface area contributed by atoms with Crippen LogP contribution in [-0.2, 0) is 17.1 Å². The molecule has 1 aromatic rings. The maximum absolute atomic E-state index is 12.6. The molecule has 6 nitrogen and oxygen atoms in total. The summed E-state index contributed by atoms with van der Waals surface area (Å²) in [6, 6.07) is -0.171. The summed E-state index contributed by atoms with van der Waals surface area (Å²) < 4.78 is 27.9. The Kier molecular flexibility index (Phi) is 5.79. The SMILES string of the molecule is CCC(CC)N(CCO)S(=O)(=O)c1ncn(C)c1Cl. The van der Waals surface area contributed by atoms with Gasteiger partial charge in [-0.25, -0.2) is 13.4 Å². The maximum atomic E-state index is 12.6. The van der Waals surface area contributed by atoms with E-state index in [-0.39, 0.29) is 29.4 Å². The molecule has 0 spiro atoms. The zero-order chi connectivity index (χ0) is 14.6. The molecule has 0 unspecified atom stereocenters. The van der Waals surface area contributed by atoms with Gasteiger partial charge in [0.15, 0.2) is 0 Å². The summed E-state index contributed by atoms with van der Waals surface area (Å²) in [4.78, 5) is 3.86. The van der Waals surface area contributed by atoms with Gasteiger partial charge in [-0.15, -0.1) is 0 Å². The lowest BCUT2D eigenvalue weighted by molar-refractivity contribution is 0.219. The second-order valence-electron chi connectivity index (χ2n) is 4.26. The molecule has 0 saturated heterocycles. The number of hydrogen-bond donors (Lipinski definition) is 1. The largest absolute Gasteiger partial charge is 0.395 e. The molecule has 0 aliphatic carbocycles. The van der Waals surface area contributed by atoms with Crippen molar-refractivity contribution in [3.05, 3.63) is 11.5 Å². The Bertz CT molecular complexity index is 511. The number of aliphatic hydroxyl groups excluding tert-OH is 1. The summed E-state index contributed by atoms with van der Waals surface area (Å²) in [5.74, 6) is 0. The fraction of sp³-hybridized carbons (Fsp3) is 0.727. The third kappa shape index (κ3) is 3.28. The number of halogens is 1. The minimum Gasteiger partial charge on any atom is -0.395 e. The van der Waals surface area contributed by atoms with Crippen LogP contribution < -0.4 is 0 Å². The molecule has 8 heteroatoms. The van der Waals surface area contributed by atoms with E-state index in [0.717, 1.165) is 0 Å². The minimum atomic E-state index is -3.79. The molecule has 0 bridgehead atoms. The molecule has 0 fully saturated rings. The molecule has 110 valence electrons. The van der Waals surface area contributed by atoms with Gasteiger partial charge >= 0.3 is 0 Å². The van der Waals surface area contributed by atoms with Crippen LogP contribution in [0.3, 0.4) is 0 Å². The predicted octanol–water partition coefficient (Wildman–Crippen LogP) is 1.25. The number of sulfonamides is 1. The van der Waals surface area contributed by atoms with Crippen molar-refractivity contribution in [3.63, 3.8) is 0 Å². The van der Waals surface area contributed by atoms with Crippen molar-refractivity contribution in [2.45, 2.75) is 37.8 Å². The van der Waals surface area contributed by atoms with Gasteiger partial charge in [-0.2, -0.15) is 4.31 Å². The van der Waals surface area contributed by atoms with E-state index in [2.05, 4.69) is 4.98 Å². The first-order valence-electron chi connectivity index (χ1n) is 6.19. The van der Waals surface area contributed by atoms with Crippen molar-refractivity contribution < 1.29 is 13.5 Å². The number of rotatable bonds is 7. The molecule has 1 aromatic heterocycles. The van der Waals surface area contributed by atoms with Crippen LogP contribution in [0.25, 0.3) is 0 Å². The van der Waals surface area contributed by atoms with Crippen molar-refractivity contribution in [1.29, 1.82) is 0 Å². The standard InChI is InChI=1S/C11H20ClN3O3S/c1-4-9(5-2)15(6-7-16)19(17,18)11-10(12)14(3)8-13-11/h8-9,16H,4-7H2,1-3H3. The molecule has 1 rings (SSSR count). The van der Waals surface area contributed by atoms with Gasteiger partial charge in [0.1, 0.15) is 5.15 Å². The quantitative estimate of drug-likeness (QED) is 0.822. The average molecular weight is 310 g/mol. The second-order valence-corrected chi connectivity index (χ2v) is 6.42. The van der Waals surface area contributed by atoms with Crippen LogP contribution in [0.2, 0.25) is 5.15 Å². The number of aliphatic hydroxyl groups is 1. The lowest BCUT2D eigenvalue weighted by atomic mass is 10.2. The van der Waals surface area contributed by atoms with Crippen LogP contribution in [0.5, 0.6) is 0 Å². The lowest BCUT2D eigenvalue weighted by Crippen LogP contribution is -2.41. The molecule has 0 aliphatic rings. The van der Waals surface area contributed by atoms with Crippen LogP contribution in [0.15, 0.2) is 11.4 Å². The van der Waals surface area contributed by atoms with Crippen LogP contribution in [0.1, 0.15) is 26.7 Å². The molecule has 0 aromatic carbocycles. The molecule has 0 radical (unpaired) electrons. The molecule has 0 aliphatic heterocycles. The molecule has 1 N–H and O–H groups in total. The normalized spacial score (nSPS) is 12.6. The second kappa shape index (κ2) is 6.69. The van der Waals surface area contributed by atoms with Crippen molar-refractivity contribution in [1.82, 2.24) is 13.9 Å². The average Bonchev–Trinajstić information content (AvgIpc) is 2.71. The number of nitrogens with zero attached hydrogens (tertiary/aromatic N) is 3. The summed E-state index contributed by atoms with van der Waals surface area (Å²) in [6.07, 6.45) is 2.69. The maximum Gasteiger partial charge on any atom is 0.264 e. The third-order valence-corrected chi connectivity index (χ3v) is 5.50. The van der Waals surface area contributed by atoms with Gasteiger partial charge in [0.2, 0.25) is 5.03 Å². The van der Waals surface area contributed by atoms with Crippen molar-refractivity contribution >= 4 is 21.6 Å². The zero-order valence-corrected chi connectivity index (χ0v) is 12.9. The van der Waals surface area contributed by atoms with Crippen molar-refractivity contribution in [3.8, 4) is 0 Å². The molecule has 0 amide bonds. The molecular weight excluding hydrogens is 290 g/mol. The number of imidazole rings is 1. The topological polar surface area (TPSA) is 75.4 Å². The van der Waals surface area contributed by atoms with Crippen LogP contribution >= 0.6 is 11.6 Å². The third-order valence-electron chi connectivity index (χ3n) is 3.06. The fourth-order valence-electron chi connectivity index (χ4n) is 1.97. The minimum absolute atomic E-state index is 0.0432. The lowest BCUT2D eigenvalue weighted by Gasteiger charge is -2.28. The van der Waals surface area contributed by atoms with Gasteiger partial charge in [0.05, 0.1) is 12.9 Å². The van der Waals surface area contributed by atoms with Crippen molar-refractivity contribution in [2.24, 2.45) is 7.05 Å². The summed E-state index contributed by atoms with van der Waals surface area (Å²) >= 11 is 5.96. The fourth-order valence-corrected chi connectivity index (χ4v) is 4.13. The van der Waals surface area contributed by atoms with E-state index in [1.807, 2.05) is 13.8 Å². The van der Waals surface area contributed by atoms with E-state index < -0.39 is 10.0 Å². The zero-order valence-electron chi connectivity index (χ0n) is 11.4. The van der Waals surface area contributed by atoms with E-state index in [9.17, 15) is 8.42 Å². The van der Waals surface area contributed by atoms with E-state index in [1.165, 1.54) is 15.2 Å². The van der Waals surface area contributed by atoms with Gasteiger partial charge in [-0.1, -0.05) is 25.4 Å². The Balaban J connectivity index is 3.23. The van der Waals surface area contributed by atoms with E-state index >= 15 is 0 Å². The summed E-state index contributed by atoms with van der Waals surface area (Å²) in [5, 5.41) is 9.02. The molecule has 19 heavy (non-hydrogen) atoms. The first kappa shape index (κ1) is 16.4. The Morgan fingerprint density at radius 1 is 1.47 bits per heavy atom. The number of aromatic nitrogens is 2. The first-order valence-corrected chi connectivity index (χ1v) is 8.01. The van der Waals surface area contributed by atoms with Gasteiger partial charge in [-0.3, -0.25) is 0 Å². The summed E-state index contributed by atoms with van der Waals surface area (Å²) in [6.45, 7) is 3.63. The molecule has 0 saturated carbocycles. The number of aryl methyl sites for hydroxylation is 1. The molecule has 0 atom stereocenters. The Labute approximate surface area is 119 Å². The Hall–Kier alpha value is -0.630. The Morgan fingerprint density at radius 3 is 2.42 bits per heavy atom. The highest BCUT2D eigenvalue weighted by Gasteiger charge is 2.33. The summed E-state index contributed by atoms with van der Waals surface area (Å²) in [5.41, 5.74) is 0. The van der Waals surface area contributed by atoms with E-state index in [0.29, 0.717) is 12.8 Å². The summed E-state index contributed by atoms with van der Waals surface area (Å²) in [7, 11) is -2.16. The number of hydrogen-bond acceptors (Lipinski definition) is 4. The van der Waals surface area contributed by atoms with E-state index in [1.54, 1.807) is 7.05 Å². The van der Waals surface area contributed by atoms with Crippen LogP contribution in [0.4, 0.5) is 0 Å². The van der Waals surface area contributed by atoms with Gasteiger partial charge in [-0.05, 0) is 12.8 Å². The highest BCUT2D eigenvalue weighted by atomic mass is 35.5. The van der Waals surface area contributed by atoms with E-state index in [4.69, 9.17) is 16.7 Å². The molecule has 1 heterocycles. The predicted molar refractivity (Wildman–Crippen MR) is 73.6 cm³/mol. The van der Waals surface area contributed by atoms with Crippen LogP contribution in [-0.4, -0.2) is 46.6 Å². The highest BCUT2D eigenvalue weighted by molar-refractivity contribution is 7.89. The van der Waals surface area contributed by atoms with Crippen molar-refractivity contribution in [2.75, 3.05) is 13.2 Å². The van der Waals surface area contributed by atoms with Gasteiger partial charge in [0.25, 0.3) is 10.0 Å². The Morgan fingerprint density at radius 2 is 2.05 bits per heavy atom. The monoisotopic (exact) mass is 309 g/mol. The van der Waals surface area contributed by atoms with Gasteiger partial charge < -0.3 is 9.67 Å². The molecular formula is C11H20ClN3O3S. The smallest absolute Gasteiger partial charge is 0.264 e.